The van der Waals surface area contributed by atoms with Crippen molar-refractivity contribution in [2.75, 3.05) is 32.6 Å². The zero-order chi connectivity index (χ0) is 14.9. The summed E-state index contributed by atoms with van der Waals surface area (Å²) in [5.41, 5.74) is 1.01. The van der Waals surface area contributed by atoms with Crippen molar-refractivity contribution in [1.29, 1.82) is 0 Å². The number of hydrogen-bond donors (Lipinski definition) is 0. The van der Waals surface area contributed by atoms with Crippen molar-refractivity contribution in [2.45, 2.75) is 11.8 Å². The number of anilines is 1. The monoisotopic (exact) mass is 292 g/mol. The van der Waals surface area contributed by atoms with Crippen LogP contribution >= 0.6 is 0 Å². The van der Waals surface area contributed by atoms with Gasteiger partial charge >= 0.3 is 0 Å². The number of fused-ring (bicyclic) bond motifs is 1. The maximum absolute atomic E-state index is 12.6. The summed E-state index contributed by atoms with van der Waals surface area (Å²) in [7, 11) is 2.06. The van der Waals surface area contributed by atoms with Gasteiger partial charge in [-0.2, -0.15) is 0 Å². The lowest BCUT2D eigenvalue weighted by atomic mass is 10.1. The molecular formula is C15H20N2O2S. The predicted molar refractivity (Wildman–Crippen MR) is 83.8 cm³/mol. The van der Waals surface area contributed by atoms with Gasteiger partial charge in [0.15, 0.2) is 0 Å². The molecule has 2 rings (SSSR count). The first-order chi connectivity index (χ1) is 9.39. The molecule has 0 aliphatic rings. The van der Waals surface area contributed by atoms with Crippen molar-refractivity contribution in [2.24, 2.45) is 0 Å². The van der Waals surface area contributed by atoms with E-state index < -0.39 is 10.0 Å². The zero-order valence-electron chi connectivity index (χ0n) is 12.3. The van der Waals surface area contributed by atoms with Crippen molar-refractivity contribution < 1.29 is 8.42 Å². The zero-order valence-corrected chi connectivity index (χ0v) is 13.1. The van der Waals surface area contributed by atoms with E-state index in [-0.39, 0.29) is 0 Å². The fourth-order valence-electron chi connectivity index (χ4n) is 2.21. The molecule has 2 aromatic carbocycles. The minimum atomic E-state index is -3.44. The van der Waals surface area contributed by atoms with E-state index in [1.54, 1.807) is 13.1 Å². The summed E-state index contributed by atoms with van der Waals surface area (Å²) in [5, 5.41) is 1.71. The lowest BCUT2D eigenvalue weighted by Crippen LogP contribution is -2.26. The maximum atomic E-state index is 12.6. The van der Waals surface area contributed by atoms with Crippen molar-refractivity contribution in [3.05, 3.63) is 36.4 Å². The number of benzene rings is 2. The molecule has 0 bridgehead atoms. The van der Waals surface area contributed by atoms with Crippen LogP contribution in [-0.2, 0) is 10.0 Å². The summed E-state index contributed by atoms with van der Waals surface area (Å²) in [6.45, 7) is 2.28. The van der Waals surface area contributed by atoms with Gasteiger partial charge in [-0.1, -0.05) is 31.2 Å². The Labute approximate surface area is 120 Å². The highest BCUT2D eigenvalue weighted by Crippen LogP contribution is 2.31. The highest BCUT2D eigenvalue weighted by atomic mass is 32.2. The molecule has 0 N–H and O–H groups in total. The van der Waals surface area contributed by atoms with E-state index in [4.69, 9.17) is 0 Å². The molecule has 2 aromatic rings. The average Bonchev–Trinajstić information content (AvgIpc) is 2.44. The van der Waals surface area contributed by atoms with Crippen LogP contribution in [0.4, 0.5) is 5.69 Å². The van der Waals surface area contributed by atoms with Crippen molar-refractivity contribution in [3.8, 4) is 0 Å². The van der Waals surface area contributed by atoms with E-state index in [9.17, 15) is 8.42 Å². The second-order valence-corrected chi connectivity index (χ2v) is 6.96. The van der Waals surface area contributed by atoms with Gasteiger partial charge in [-0.05, 0) is 12.1 Å². The first kappa shape index (κ1) is 14.8. The molecule has 0 amide bonds. The molecule has 0 aliphatic carbocycles. The summed E-state index contributed by atoms with van der Waals surface area (Å²) in [4.78, 5) is 2.35. The number of nitrogens with zero attached hydrogens (tertiary/aromatic N) is 2. The lowest BCUT2D eigenvalue weighted by molar-refractivity contribution is 0.487. The molecule has 108 valence electrons. The molecule has 0 heterocycles. The third kappa shape index (κ3) is 2.39. The average molecular weight is 292 g/mol. The molecule has 0 spiro atoms. The van der Waals surface area contributed by atoms with E-state index in [0.29, 0.717) is 11.4 Å². The van der Waals surface area contributed by atoms with Gasteiger partial charge in [0.25, 0.3) is 0 Å². The highest BCUT2D eigenvalue weighted by Gasteiger charge is 2.22. The number of rotatable bonds is 4. The standard InChI is InChI=1S/C15H20N2O2S/c1-5-17(4)20(18,19)15-11-10-14(16(2)3)12-8-6-7-9-13(12)15/h6-11H,5H2,1-4H3. The summed E-state index contributed by atoms with van der Waals surface area (Å²) in [5.74, 6) is 0. The number of sulfonamides is 1. The smallest absolute Gasteiger partial charge is 0.243 e. The Morgan fingerprint density at radius 2 is 1.55 bits per heavy atom. The molecule has 4 nitrogen and oxygen atoms in total. The Balaban J connectivity index is 2.78. The molecule has 0 unspecified atom stereocenters. The molecule has 5 heteroatoms. The largest absolute Gasteiger partial charge is 0.377 e. The fourth-order valence-corrected chi connectivity index (χ4v) is 3.58. The molecule has 20 heavy (non-hydrogen) atoms. The summed E-state index contributed by atoms with van der Waals surface area (Å²) < 4.78 is 26.5. The van der Waals surface area contributed by atoms with Gasteiger partial charge in [0.1, 0.15) is 0 Å². The van der Waals surface area contributed by atoms with Crippen LogP contribution < -0.4 is 4.90 Å². The molecule has 0 saturated heterocycles. The van der Waals surface area contributed by atoms with Gasteiger partial charge in [0.05, 0.1) is 4.90 Å². The maximum Gasteiger partial charge on any atom is 0.243 e. The predicted octanol–water partition coefficient (Wildman–Crippen LogP) is 2.55. The van der Waals surface area contributed by atoms with Gasteiger partial charge in [0, 0.05) is 44.1 Å². The second kappa shape index (κ2) is 5.42. The van der Waals surface area contributed by atoms with Crippen LogP contribution in [0.15, 0.2) is 41.3 Å². The van der Waals surface area contributed by atoms with E-state index >= 15 is 0 Å². The molecule has 0 fully saturated rings. The van der Waals surface area contributed by atoms with Crippen molar-refractivity contribution in [3.63, 3.8) is 0 Å². The minimum Gasteiger partial charge on any atom is -0.377 e. The van der Waals surface area contributed by atoms with Crippen molar-refractivity contribution >= 4 is 26.5 Å². The van der Waals surface area contributed by atoms with Crippen LogP contribution in [0.1, 0.15) is 6.92 Å². The quantitative estimate of drug-likeness (QED) is 0.869. The van der Waals surface area contributed by atoms with E-state index in [1.807, 2.05) is 56.3 Å². The van der Waals surface area contributed by atoms with Gasteiger partial charge in [0.2, 0.25) is 10.0 Å². The molecule has 0 radical (unpaired) electrons. The third-order valence-electron chi connectivity index (χ3n) is 3.48. The summed E-state index contributed by atoms with van der Waals surface area (Å²) >= 11 is 0. The molecule has 0 atom stereocenters. The Bertz CT molecular complexity index is 724. The second-order valence-electron chi connectivity index (χ2n) is 4.94. The minimum absolute atomic E-state index is 0.364. The normalized spacial score (nSPS) is 12.1. The van der Waals surface area contributed by atoms with Crippen LogP contribution in [0.5, 0.6) is 0 Å². The lowest BCUT2D eigenvalue weighted by Gasteiger charge is -2.20. The summed E-state index contributed by atoms with van der Waals surface area (Å²) in [6, 6.07) is 11.2. The van der Waals surface area contributed by atoms with Crippen LogP contribution in [0.3, 0.4) is 0 Å². The Morgan fingerprint density at radius 1 is 0.950 bits per heavy atom. The number of hydrogen-bond acceptors (Lipinski definition) is 3. The highest BCUT2D eigenvalue weighted by molar-refractivity contribution is 7.89. The van der Waals surface area contributed by atoms with Crippen molar-refractivity contribution in [1.82, 2.24) is 4.31 Å². The van der Waals surface area contributed by atoms with Gasteiger partial charge in [-0.3, -0.25) is 0 Å². The SMILES string of the molecule is CCN(C)S(=O)(=O)c1ccc(N(C)C)c2ccccc12. The van der Waals surface area contributed by atoms with Gasteiger partial charge in [-0.25, -0.2) is 12.7 Å². The Morgan fingerprint density at radius 3 is 2.10 bits per heavy atom. The van der Waals surface area contributed by atoms with E-state index in [2.05, 4.69) is 0 Å². The van der Waals surface area contributed by atoms with Crippen LogP contribution in [0.25, 0.3) is 10.8 Å². The molecule has 0 aliphatic heterocycles. The summed E-state index contributed by atoms with van der Waals surface area (Å²) in [6.07, 6.45) is 0. The van der Waals surface area contributed by atoms with Gasteiger partial charge < -0.3 is 4.90 Å². The van der Waals surface area contributed by atoms with Crippen LogP contribution in [0.2, 0.25) is 0 Å². The topological polar surface area (TPSA) is 40.6 Å². The first-order valence-corrected chi connectivity index (χ1v) is 7.99. The van der Waals surface area contributed by atoms with Gasteiger partial charge in [-0.15, -0.1) is 0 Å². The Kier molecular flexibility index (Phi) is 4.01. The van der Waals surface area contributed by atoms with Crippen LogP contribution in [-0.4, -0.2) is 40.4 Å². The fraction of sp³-hybridized carbons (Fsp3) is 0.333. The van der Waals surface area contributed by atoms with E-state index in [0.717, 1.165) is 16.5 Å². The van der Waals surface area contributed by atoms with Crippen LogP contribution in [0, 0.1) is 0 Å². The molecular weight excluding hydrogens is 272 g/mol. The third-order valence-corrected chi connectivity index (χ3v) is 5.47. The Hall–Kier alpha value is -1.59. The molecule has 0 aromatic heterocycles. The van der Waals surface area contributed by atoms with E-state index in [1.165, 1.54) is 4.31 Å². The first-order valence-electron chi connectivity index (χ1n) is 6.55. The molecule has 0 saturated carbocycles.